The van der Waals surface area contributed by atoms with Crippen molar-refractivity contribution >= 4 is 5.82 Å². The fraction of sp³-hybridized carbons (Fsp3) is 0.370. The van der Waals surface area contributed by atoms with E-state index in [4.69, 9.17) is 10.2 Å². The van der Waals surface area contributed by atoms with Gasteiger partial charge in [-0.25, -0.2) is 9.37 Å². The highest BCUT2D eigenvalue weighted by atomic mass is 19.1. The molecule has 2 aromatic carbocycles. The molecule has 3 heterocycles. The number of aromatic nitrogens is 2. The molecule has 1 aromatic heterocycles. The Labute approximate surface area is 197 Å². The molecular weight excluding hydrogens is 429 g/mol. The number of anilines is 1. The van der Waals surface area contributed by atoms with Crippen molar-refractivity contribution in [2.24, 2.45) is 5.41 Å². The van der Waals surface area contributed by atoms with Gasteiger partial charge >= 0.3 is 0 Å². The fourth-order valence-electron chi connectivity index (χ4n) is 5.41. The van der Waals surface area contributed by atoms with Gasteiger partial charge < -0.3 is 10.2 Å². The first-order valence-corrected chi connectivity index (χ1v) is 12.0. The quantitative estimate of drug-likeness (QED) is 0.644. The van der Waals surface area contributed by atoms with E-state index in [9.17, 15) is 9.18 Å². The molecule has 1 N–H and O–H groups in total. The topological polar surface area (TPSA) is 74.0 Å². The van der Waals surface area contributed by atoms with Crippen LogP contribution in [0.25, 0.3) is 17.1 Å². The lowest BCUT2D eigenvalue weighted by molar-refractivity contribution is 0.369. The lowest BCUT2D eigenvalue weighted by atomic mass is 9.87. The molecule has 6 nitrogen and oxygen atoms in total. The average molecular weight is 456 g/mol. The van der Waals surface area contributed by atoms with Crippen LogP contribution in [0.3, 0.4) is 0 Å². The van der Waals surface area contributed by atoms with Crippen molar-refractivity contribution in [3.05, 3.63) is 75.8 Å². The van der Waals surface area contributed by atoms with Crippen LogP contribution in [0, 0.1) is 22.6 Å². The Balaban J connectivity index is 1.46. The van der Waals surface area contributed by atoms with Crippen LogP contribution in [-0.4, -0.2) is 35.7 Å². The predicted octanol–water partition coefficient (Wildman–Crippen LogP) is 3.98. The number of rotatable bonds is 4. The normalized spacial score (nSPS) is 21.8. The predicted molar refractivity (Wildman–Crippen MR) is 129 cm³/mol. The van der Waals surface area contributed by atoms with E-state index < -0.39 is 5.82 Å². The van der Waals surface area contributed by atoms with Gasteiger partial charge in [0, 0.05) is 36.7 Å². The molecule has 3 aromatic rings. The summed E-state index contributed by atoms with van der Waals surface area (Å²) in [6, 6.07) is 15.9. The molecule has 1 unspecified atom stereocenters. The van der Waals surface area contributed by atoms with Crippen LogP contribution in [0.4, 0.5) is 10.2 Å². The van der Waals surface area contributed by atoms with Gasteiger partial charge in [0.15, 0.2) is 0 Å². The highest BCUT2D eigenvalue weighted by Crippen LogP contribution is 2.40. The lowest BCUT2D eigenvalue weighted by Crippen LogP contribution is -2.31. The first kappa shape index (κ1) is 21.1. The summed E-state index contributed by atoms with van der Waals surface area (Å²) in [6.07, 6.45) is 4.60. The molecule has 0 amide bonds. The number of hydrogen-bond donors (Lipinski definition) is 1. The molecular formula is C27H26FN5O. The van der Waals surface area contributed by atoms with Gasteiger partial charge in [0.05, 0.1) is 11.3 Å². The summed E-state index contributed by atoms with van der Waals surface area (Å²) >= 11 is 0. The van der Waals surface area contributed by atoms with Crippen molar-refractivity contribution in [3.63, 3.8) is 0 Å². The van der Waals surface area contributed by atoms with Crippen LogP contribution in [0.15, 0.2) is 53.3 Å². The van der Waals surface area contributed by atoms with Gasteiger partial charge in [-0.3, -0.25) is 9.36 Å². The van der Waals surface area contributed by atoms with Gasteiger partial charge in [-0.2, -0.15) is 5.26 Å². The van der Waals surface area contributed by atoms with Crippen LogP contribution < -0.4 is 15.8 Å². The minimum absolute atomic E-state index is 0.0298. The Hall–Kier alpha value is -3.50. The summed E-state index contributed by atoms with van der Waals surface area (Å²) in [5.74, 6) is 1.01. The van der Waals surface area contributed by atoms with E-state index >= 15 is 0 Å². The van der Waals surface area contributed by atoms with Crippen molar-refractivity contribution < 1.29 is 4.39 Å². The third kappa shape index (κ3) is 3.68. The van der Waals surface area contributed by atoms with E-state index in [1.54, 1.807) is 16.7 Å². The minimum Gasteiger partial charge on any atom is -0.356 e. The molecule has 1 saturated carbocycles. The zero-order valence-corrected chi connectivity index (χ0v) is 18.9. The van der Waals surface area contributed by atoms with Crippen molar-refractivity contribution in [1.29, 1.82) is 5.26 Å². The van der Waals surface area contributed by atoms with Crippen LogP contribution >= 0.6 is 0 Å². The Morgan fingerprint density at radius 3 is 2.62 bits per heavy atom. The third-order valence-electron chi connectivity index (χ3n) is 7.55. The molecule has 2 aliphatic heterocycles. The number of nitrogens with zero attached hydrogens (tertiary/aromatic N) is 4. The molecule has 2 saturated heterocycles. The summed E-state index contributed by atoms with van der Waals surface area (Å²) in [6.45, 7) is 3.71. The fourth-order valence-corrected chi connectivity index (χ4v) is 5.41. The molecule has 34 heavy (non-hydrogen) atoms. The van der Waals surface area contributed by atoms with Crippen molar-refractivity contribution in [2.45, 2.75) is 31.6 Å². The largest absolute Gasteiger partial charge is 0.356 e. The van der Waals surface area contributed by atoms with Crippen molar-refractivity contribution in [1.82, 2.24) is 14.9 Å². The first-order chi connectivity index (χ1) is 16.5. The SMILES string of the molecule is N#Cc1ccc(-c2nc(N3CCC4(CCNC4)C3)cc(=O)n2-c2ccc(C3CC3)cc2)cc1F. The molecule has 1 aliphatic carbocycles. The van der Waals surface area contributed by atoms with Crippen LogP contribution in [0.2, 0.25) is 0 Å². The molecule has 3 aliphatic rings. The van der Waals surface area contributed by atoms with Gasteiger partial charge in [0.2, 0.25) is 0 Å². The molecule has 1 atom stereocenters. The maximum absolute atomic E-state index is 14.6. The van der Waals surface area contributed by atoms with Crippen LogP contribution in [-0.2, 0) is 0 Å². The smallest absolute Gasteiger partial charge is 0.260 e. The highest BCUT2D eigenvalue weighted by Gasteiger charge is 2.41. The number of nitriles is 1. The molecule has 6 rings (SSSR count). The number of benzene rings is 2. The molecule has 0 bridgehead atoms. The lowest BCUT2D eigenvalue weighted by Gasteiger charge is -2.24. The second-order valence-electron chi connectivity index (χ2n) is 9.88. The van der Waals surface area contributed by atoms with Crippen molar-refractivity contribution in [2.75, 3.05) is 31.1 Å². The van der Waals surface area contributed by atoms with E-state index in [-0.39, 0.29) is 16.5 Å². The summed E-state index contributed by atoms with van der Waals surface area (Å²) in [7, 11) is 0. The van der Waals surface area contributed by atoms with Gasteiger partial charge in [0.1, 0.15) is 23.5 Å². The van der Waals surface area contributed by atoms with E-state index in [0.717, 1.165) is 39.0 Å². The van der Waals surface area contributed by atoms with Gasteiger partial charge in [0.25, 0.3) is 5.56 Å². The standard InChI is InChI=1S/C27H26FN5O/c28-23-13-20(3-4-21(23)15-29)26-31-24(32-12-10-27(17-32)9-11-30-16-27)14-25(34)33(26)22-7-5-19(6-8-22)18-1-2-18/h3-8,13-14,18,30H,1-2,9-12,16-17H2. The number of nitrogens with one attached hydrogen (secondary N) is 1. The third-order valence-corrected chi connectivity index (χ3v) is 7.55. The molecule has 1 spiro atoms. The summed E-state index contributed by atoms with van der Waals surface area (Å²) in [5, 5.41) is 12.6. The van der Waals surface area contributed by atoms with Crippen molar-refractivity contribution in [3.8, 4) is 23.1 Å². The number of hydrogen-bond acceptors (Lipinski definition) is 5. The Morgan fingerprint density at radius 2 is 1.94 bits per heavy atom. The second kappa shape index (κ2) is 8.07. The first-order valence-electron chi connectivity index (χ1n) is 12.0. The molecule has 3 fully saturated rings. The van der Waals surface area contributed by atoms with Crippen LogP contribution in [0.1, 0.15) is 42.7 Å². The van der Waals surface area contributed by atoms with Gasteiger partial charge in [-0.1, -0.05) is 12.1 Å². The molecule has 172 valence electrons. The van der Waals surface area contributed by atoms with Gasteiger partial charge in [-0.05, 0) is 74.0 Å². The van der Waals surface area contributed by atoms with E-state index in [2.05, 4.69) is 22.3 Å². The monoisotopic (exact) mass is 455 g/mol. The summed E-state index contributed by atoms with van der Waals surface area (Å²) < 4.78 is 16.1. The molecule has 7 heteroatoms. The second-order valence-corrected chi connectivity index (χ2v) is 9.88. The zero-order chi connectivity index (χ0) is 23.3. The Kier molecular flexibility index (Phi) is 5.00. The van der Waals surface area contributed by atoms with E-state index in [0.29, 0.717) is 28.8 Å². The Morgan fingerprint density at radius 1 is 1.12 bits per heavy atom. The summed E-state index contributed by atoms with van der Waals surface area (Å²) in [4.78, 5) is 20.6. The maximum atomic E-state index is 14.6. The average Bonchev–Trinajstić information content (AvgIpc) is 3.47. The Bertz CT molecular complexity index is 1350. The summed E-state index contributed by atoms with van der Waals surface area (Å²) in [5.41, 5.74) is 2.45. The van der Waals surface area contributed by atoms with Crippen LogP contribution in [0.5, 0.6) is 0 Å². The van der Waals surface area contributed by atoms with Gasteiger partial charge in [-0.15, -0.1) is 0 Å². The maximum Gasteiger partial charge on any atom is 0.260 e. The highest BCUT2D eigenvalue weighted by molar-refractivity contribution is 5.62. The minimum atomic E-state index is -0.618. The zero-order valence-electron chi connectivity index (χ0n) is 18.9. The molecule has 0 radical (unpaired) electrons. The van der Waals surface area contributed by atoms with E-state index in [1.165, 1.54) is 30.5 Å². The number of halogens is 1. The van der Waals surface area contributed by atoms with E-state index in [1.807, 2.05) is 18.2 Å².